The molecule has 0 bridgehead atoms. The lowest BCUT2D eigenvalue weighted by atomic mass is 9.97. The van der Waals surface area contributed by atoms with Gasteiger partial charge in [-0.1, -0.05) is 5.16 Å². The summed E-state index contributed by atoms with van der Waals surface area (Å²) in [5, 5.41) is 8.77. The van der Waals surface area contributed by atoms with E-state index in [1.54, 1.807) is 10.7 Å². The zero-order valence-corrected chi connectivity index (χ0v) is 16.2. The Morgan fingerprint density at radius 2 is 2.07 bits per heavy atom. The van der Waals surface area contributed by atoms with Crippen molar-refractivity contribution in [2.24, 2.45) is 5.92 Å². The summed E-state index contributed by atoms with van der Waals surface area (Å²) in [5.74, 6) is 2.23. The Bertz CT molecular complexity index is 878. The van der Waals surface area contributed by atoms with Crippen molar-refractivity contribution in [2.45, 2.75) is 57.5 Å². The third-order valence-electron chi connectivity index (χ3n) is 6.29. The smallest absolute Gasteiger partial charge is 0.267 e. The van der Waals surface area contributed by atoms with Crippen molar-refractivity contribution in [2.75, 3.05) is 26.3 Å². The third-order valence-corrected chi connectivity index (χ3v) is 6.29. The normalized spacial score (nSPS) is 23.4. The Morgan fingerprint density at radius 1 is 1.18 bits per heavy atom. The number of aryl methyl sites for hydroxylation is 2. The summed E-state index contributed by atoms with van der Waals surface area (Å²) < 4.78 is 12.5. The van der Waals surface area contributed by atoms with E-state index in [9.17, 15) is 4.79 Å². The van der Waals surface area contributed by atoms with Crippen LogP contribution < -0.4 is 5.56 Å². The molecule has 150 valence electrons. The molecule has 5 rings (SSSR count). The summed E-state index contributed by atoms with van der Waals surface area (Å²) in [7, 11) is 0. The Hall–Kier alpha value is -2.06. The minimum atomic E-state index is 0.0540. The fourth-order valence-electron chi connectivity index (χ4n) is 4.57. The van der Waals surface area contributed by atoms with Gasteiger partial charge in [0.25, 0.3) is 5.56 Å². The molecule has 8 nitrogen and oxygen atoms in total. The second-order valence-corrected chi connectivity index (χ2v) is 8.32. The molecule has 0 amide bonds. The molecule has 0 aromatic carbocycles. The van der Waals surface area contributed by atoms with Crippen LogP contribution in [0.4, 0.5) is 0 Å². The van der Waals surface area contributed by atoms with Crippen LogP contribution in [0, 0.1) is 5.92 Å². The largest absolute Gasteiger partial charge is 0.381 e. The predicted molar refractivity (Wildman–Crippen MR) is 101 cm³/mol. The first-order chi connectivity index (χ1) is 13.7. The number of ether oxygens (including phenoxy) is 1. The Morgan fingerprint density at radius 3 is 2.89 bits per heavy atom. The predicted octanol–water partition coefficient (Wildman–Crippen LogP) is 1.53. The number of aromatic nitrogens is 4. The van der Waals surface area contributed by atoms with Gasteiger partial charge in [0.2, 0.25) is 5.89 Å². The average molecular weight is 385 g/mol. The Kier molecular flexibility index (Phi) is 4.98. The molecule has 8 heteroatoms. The molecule has 28 heavy (non-hydrogen) atoms. The Labute approximate surface area is 163 Å². The van der Waals surface area contributed by atoms with Crippen LogP contribution in [0.15, 0.2) is 15.4 Å². The van der Waals surface area contributed by atoms with Gasteiger partial charge < -0.3 is 9.26 Å². The van der Waals surface area contributed by atoms with Crippen molar-refractivity contribution in [1.29, 1.82) is 0 Å². The highest BCUT2D eigenvalue weighted by Gasteiger charge is 2.26. The summed E-state index contributed by atoms with van der Waals surface area (Å²) in [6, 6.07) is 1.80. The van der Waals surface area contributed by atoms with Crippen LogP contribution in [0.3, 0.4) is 0 Å². The first kappa shape index (κ1) is 18.0. The van der Waals surface area contributed by atoms with E-state index in [-0.39, 0.29) is 11.5 Å². The third kappa shape index (κ3) is 3.75. The van der Waals surface area contributed by atoms with Crippen molar-refractivity contribution in [3.8, 4) is 0 Å². The van der Waals surface area contributed by atoms with Crippen molar-refractivity contribution < 1.29 is 9.26 Å². The molecule has 4 heterocycles. The fourth-order valence-corrected chi connectivity index (χ4v) is 4.57. The second-order valence-electron chi connectivity index (χ2n) is 8.32. The monoisotopic (exact) mass is 385 g/mol. The van der Waals surface area contributed by atoms with Gasteiger partial charge in [0.05, 0.1) is 24.8 Å². The van der Waals surface area contributed by atoms with Gasteiger partial charge in [-0.05, 0) is 63.1 Å². The van der Waals surface area contributed by atoms with Crippen LogP contribution in [-0.2, 0) is 30.7 Å². The van der Waals surface area contributed by atoms with E-state index in [2.05, 4.69) is 20.1 Å². The number of nitrogens with zero attached hydrogens (tertiary/aromatic N) is 5. The van der Waals surface area contributed by atoms with Gasteiger partial charge >= 0.3 is 0 Å². The first-order valence-corrected chi connectivity index (χ1v) is 10.5. The van der Waals surface area contributed by atoms with Crippen LogP contribution in [-0.4, -0.2) is 51.1 Å². The summed E-state index contributed by atoms with van der Waals surface area (Å²) >= 11 is 0. The van der Waals surface area contributed by atoms with E-state index in [4.69, 9.17) is 9.26 Å². The van der Waals surface area contributed by atoms with Gasteiger partial charge in [0, 0.05) is 19.2 Å². The van der Waals surface area contributed by atoms with E-state index >= 15 is 0 Å². The maximum absolute atomic E-state index is 12.3. The molecule has 1 unspecified atom stereocenters. The number of piperidine rings is 1. The van der Waals surface area contributed by atoms with Crippen LogP contribution >= 0.6 is 0 Å². The van der Waals surface area contributed by atoms with E-state index < -0.39 is 0 Å². The number of rotatable bonds is 5. The summed E-state index contributed by atoms with van der Waals surface area (Å²) in [6.45, 7) is 4.89. The molecule has 0 spiro atoms. The van der Waals surface area contributed by atoms with Gasteiger partial charge in [0.15, 0.2) is 5.82 Å². The number of hydrogen-bond acceptors (Lipinski definition) is 7. The maximum atomic E-state index is 12.3. The van der Waals surface area contributed by atoms with Crippen LogP contribution in [0.5, 0.6) is 0 Å². The molecule has 2 aliphatic heterocycles. The number of fused-ring (bicyclic) bond motifs is 1. The highest BCUT2D eigenvalue weighted by molar-refractivity contribution is 5.22. The SMILES string of the molecule is O=c1cc2c(nn1CC1CCN(Cc3noc(C4CCOC4)n3)CC1)CCC2. The molecular formula is C20H27N5O3. The molecule has 0 radical (unpaired) electrons. The summed E-state index contributed by atoms with van der Waals surface area (Å²) in [5.41, 5.74) is 2.33. The lowest BCUT2D eigenvalue weighted by Crippen LogP contribution is -2.36. The number of hydrogen-bond donors (Lipinski definition) is 0. The van der Waals surface area contributed by atoms with Crippen molar-refractivity contribution in [3.63, 3.8) is 0 Å². The van der Waals surface area contributed by atoms with Crippen molar-refractivity contribution >= 4 is 0 Å². The van der Waals surface area contributed by atoms with Crippen molar-refractivity contribution in [3.05, 3.63) is 39.4 Å². The highest BCUT2D eigenvalue weighted by Crippen LogP contribution is 2.25. The molecule has 0 saturated carbocycles. The topological polar surface area (TPSA) is 86.3 Å². The van der Waals surface area contributed by atoms with Crippen LogP contribution in [0.2, 0.25) is 0 Å². The maximum Gasteiger partial charge on any atom is 0.267 e. The average Bonchev–Trinajstić information content (AvgIpc) is 3.44. The zero-order valence-electron chi connectivity index (χ0n) is 16.2. The standard InChI is InChI=1S/C20H27N5O3/c26-19-10-15-2-1-3-17(15)22-25(19)11-14-4-7-24(8-5-14)12-18-21-20(28-23-18)16-6-9-27-13-16/h10,14,16H,1-9,11-13H2. The van der Waals surface area contributed by atoms with Crippen LogP contribution in [0.1, 0.15) is 54.6 Å². The molecule has 2 aromatic rings. The summed E-state index contributed by atoms with van der Waals surface area (Å²) in [6.07, 6.45) is 6.22. The minimum absolute atomic E-state index is 0.0540. The van der Waals surface area contributed by atoms with Gasteiger partial charge in [0.1, 0.15) is 0 Å². The number of likely N-dealkylation sites (tertiary alicyclic amines) is 1. The molecular weight excluding hydrogens is 358 g/mol. The van der Waals surface area contributed by atoms with Crippen LogP contribution in [0.25, 0.3) is 0 Å². The van der Waals surface area contributed by atoms with E-state index in [1.165, 1.54) is 0 Å². The molecule has 1 atom stereocenters. The lowest BCUT2D eigenvalue weighted by Gasteiger charge is -2.31. The zero-order chi connectivity index (χ0) is 18.9. The molecule has 1 aliphatic carbocycles. The fraction of sp³-hybridized carbons (Fsp3) is 0.700. The Balaban J connectivity index is 1.14. The highest BCUT2D eigenvalue weighted by atomic mass is 16.5. The molecule has 3 aliphatic rings. The van der Waals surface area contributed by atoms with Gasteiger partial charge in [-0.25, -0.2) is 4.68 Å². The van der Waals surface area contributed by atoms with E-state index in [0.717, 1.165) is 88.4 Å². The first-order valence-electron chi connectivity index (χ1n) is 10.5. The van der Waals surface area contributed by atoms with Gasteiger partial charge in [-0.3, -0.25) is 9.69 Å². The van der Waals surface area contributed by atoms with Crippen molar-refractivity contribution in [1.82, 2.24) is 24.8 Å². The molecule has 2 fully saturated rings. The molecule has 0 N–H and O–H groups in total. The van der Waals surface area contributed by atoms with E-state index in [0.29, 0.717) is 18.4 Å². The second kappa shape index (κ2) is 7.75. The quantitative estimate of drug-likeness (QED) is 0.771. The lowest BCUT2D eigenvalue weighted by molar-refractivity contribution is 0.159. The van der Waals surface area contributed by atoms with E-state index in [1.807, 2.05) is 0 Å². The van der Waals surface area contributed by atoms with Gasteiger partial charge in [-0.15, -0.1) is 0 Å². The minimum Gasteiger partial charge on any atom is -0.381 e. The molecule has 2 saturated heterocycles. The summed E-state index contributed by atoms with van der Waals surface area (Å²) in [4.78, 5) is 19.3. The van der Waals surface area contributed by atoms with Gasteiger partial charge in [-0.2, -0.15) is 10.1 Å². The molecule has 2 aromatic heterocycles.